The van der Waals surface area contributed by atoms with Crippen molar-refractivity contribution in [1.29, 1.82) is 0 Å². The predicted octanol–water partition coefficient (Wildman–Crippen LogP) is 12.8. The van der Waals surface area contributed by atoms with Crippen LogP contribution < -0.4 is 24.7 Å². The molecular weight excluding hydrogens is 1160 g/mol. The number of fused-ring (bicyclic) bond motifs is 3. The van der Waals surface area contributed by atoms with Crippen molar-refractivity contribution in [2.75, 3.05) is 54.6 Å². The first-order valence-electron chi connectivity index (χ1n) is 27.3. The van der Waals surface area contributed by atoms with Crippen LogP contribution in [-0.2, 0) is 22.3 Å². The topological polar surface area (TPSA) is 211 Å². The molecular formula is C62H66Cl4N8O10. The highest BCUT2D eigenvalue weighted by atomic mass is 35.5. The summed E-state index contributed by atoms with van der Waals surface area (Å²) in [5.74, 6) is 2.60. The van der Waals surface area contributed by atoms with Crippen LogP contribution in [-0.4, -0.2) is 137 Å². The van der Waals surface area contributed by atoms with Crippen molar-refractivity contribution in [3.05, 3.63) is 128 Å². The zero-order chi connectivity index (χ0) is 60.5. The predicted molar refractivity (Wildman–Crippen MR) is 324 cm³/mol. The van der Waals surface area contributed by atoms with Crippen molar-refractivity contribution in [3.8, 4) is 45.3 Å². The Labute approximate surface area is 507 Å². The fraction of sp³-hybridized carbons (Fsp3) is 0.387. The highest BCUT2D eigenvalue weighted by molar-refractivity contribution is 6.42. The minimum absolute atomic E-state index is 0.0266. The molecule has 0 bridgehead atoms. The number of carbonyl (C=O) groups excluding carboxylic acids is 4. The maximum absolute atomic E-state index is 13.3. The summed E-state index contributed by atoms with van der Waals surface area (Å²) in [5.41, 5.74) is 9.71. The summed E-state index contributed by atoms with van der Waals surface area (Å²) in [6.07, 6.45) is 5.17. The fourth-order valence-corrected chi connectivity index (χ4v) is 12.3. The molecule has 10 rings (SSSR count). The molecule has 22 heteroatoms. The summed E-state index contributed by atoms with van der Waals surface area (Å²) in [6, 6.07) is 21.0. The zero-order valence-corrected chi connectivity index (χ0v) is 51.4. The minimum atomic E-state index is -0.708. The van der Waals surface area contributed by atoms with Crippen molar-refractivity contribution >= 4 is 92.2 Å². The number of hydrogen-bond acceptors (Lipinski definition) is 15. The highest BCUT2D eigenvalue weighted by Gasteiger charge is 2.44. The molecule has 0 radical (unpaired) electrons. The van der Waals surface area contributed by atoms with Gasteiger partial charge in [-0.3, -0.25) is 14.5 Å². The van der Waals surface area contributed by atoms with Crippen molar-refractivity contribution in [2.45, 2.75) is 90.5 Å². The Bertz CT molecular complexity index is 3600. The molecule has 5 heterocycles. The van der Waals surface area contributed by atoms with E-state index in [-0.39, 0.29) is 42.3 Å². The lowest BCUT2D eigenvalue weighted by molar-refractivity contribution is 0.0186. The Morgan fingerprint density at radius 1 is 0.571 bits per heavy atom. The molecule has 2 saturated heterocycles. The van der Waals surface area contributed by atoms with Crippen LogP contribution in [0, 0.1) is 11.8 Å². The SMILES string of the molecule is COc1cc(OC)c(Cl)c(-c2ccc3nc(C[C@H]4C[C@@H](CN)N(C(=O)OC(C)(C)C)C4)ncc3c2)c1Cl.COc1cc(OC)c(Cl)c(-c2ccc3nc(C[C@H]4C[C@@H](CN5C(=O)c6ccccc6C5=O)N(C(=O)OC(C)(C)C)C4)ncc3c2)c1Cl. The van der Waals surface area contributed by atoms with Crippen LogP contribution in [0.25, 0.3) is 44.1 Å². The van der Waals surface area contributed by atoms with E-state index in [1.807, 2.05) is 57.2 Å². The molecule has 0 saturated carbocycles. The maximum Gasteiger partial charge on any atom is 0.410 e. The number of aromatic nitrogens is 4. The molecule has 0 aliphatic carbocycles. The molecule has 0 unspecified atom stereocenters. The van der Waals surface area contributed by atoms with Crippen molar-refractivity contribution in [2.24, 2.45) is 17.6 Å². The van der Waals surface area contributed by atoms with Gasteiger partial charge in [-0.05, 0) is 114 Å². The van der Waals surface area contributed by atoms with Crippen LogP contribution in [0.15, 0.2) is 85.2 Å². The molecule has 2 aromatic heterocycles. The van der Waals surface area contributed by atoms with Gasteiger partial charge in [0.15, 0.2) is 0 Å². The lowest BCUT2D eigenvalue weighted by atomic mass is 10.0. The van der Waals surface area contributed by atoms with E-state index in [1.165, 1.54) is 19.1 Å². The largest absolute Gasteiger partial charge is 0.495 e. The number of benzene rings is 5. The van der Waals surface area contributed by atoms with Gasteiger partial charge in [0, 0.05) is 91.5 Å². The number of hydrogen-bond donors (Lipinski definition) is 1. The van der Waals surface area contributed by atoms with Crippen molar-refractivity contribution in [1.82, 2.24) is 34.6 Å². The monoisotopic (exact) mass is 1220 g/mol. The number of likely N-dealkylation sites (tertiary alicyclic amines) is 2. The van der Waals surface area contributed by atoms with Crippen LogP contribution in [0.3, 0.4) is 0 Å². The van der Waals surface area contributed by atoms with Gasteiger partial charge in [-0.1, -0.05) is 70.7 Å². The number of imide groups is 1. The van der Waals surface area contributed by atoms with Gasteiger partial charge in [0.2, 0.25) is 0 Å². The van der Waals surface area contributed by atoms with Gasteiger partial charge < -0.3 is 44.0 Å². The van der Waals surface area contributed by atoms with Crippen LogP contribution in [0.1, 0.15) is 86.7 Å². The average Bonchev–Trinajstić information content (AvgIpc) is 2.97. The molecule has 0 spiro atoms. The first-order valence-corrected chi connectivity index (χ1v) is 28.8. The highest BCUT2D eigenvalue weighted by Crippen LogP contribution is 2.48. The number of nitrogens with zero attached hydrogens (tertiary/aromatic N) is 7. The van der Waals surface area contributed by atoms with Crippen LogP contribution >= 0.6 is 46.4 Å². The summed E-state index contributed by atoms with van der Waals surface area (Å²) >= 11 is 26.5. The van der Waals surface area contributed by atoms with E-state index in [9.17, 15) is 19.2 Å². The van der Waals surface area contributed by atoms with Gasteiger partial charge >= 0.3 is 12.2 Å². The Hall–Kier alpha value is -7.22. The summed E-state index contributed by atoms with van der Waals surface area (Å²) < 4.78 is 32.9. The van der Waals surface area contributed by atoms with Crippen LogP contribution in [0.2, 0.25) is 20.1 Å². The van der Waals surface area contributed by atoms with Gasteiger partial charge in [0.1, 0.15) is 45.8 Å². The fourth-order valence-electron chi connectivity index (χ4n) is 10.9. The Morgan fingerprint density at radius 2 is 0.952 bits per heavy atom. The molecule has 442 valence electrons. The molecule has 84 heavy (non-hydrogen) atoms. The van der Waals surface area contributed by atoms with E-state index in [4.69, 9.17) is 90.5 Å². The number of amides is 4. The second-order valence-electron chi connectivity index (χ2n) is 22.9. The standard InChI is InChI=1S/C35H34Cl2N4O6.C27H32Cl2N4O4/c1-35(2,3)47-34(44)40-17-19(12-22(40)18-41-32(42)23-8-6-7-9-24(23)33(41)43)13-28-38-16-21-14-20(10-11-25(21)39-28)29-30(36)26(45-4)15-27(46-5)31(29)37;1-27(2,3)37-26(34)33-14-15(8-18(33)12-30)9-22-31-13-17-10-16(6-7-19(17)32-22)23-24(28)20(35-4)11-21(36-5)25(23)29/h6-11,14-16,19,22H,12-13,17-18H2,1-5H3;6-7,10-11,13,15,18H,8-9,12,14,30H2,1-5H3/t19-,22+;15-,18+/m11/s1. The maximum atomic E-state index is 13.3. The third-order valence-electron chi connectivity index (χ3n) is 14.7. The molecule has 2 N–H and O–H groups in total. The second-order valence-corrected chi connectivity index (χ2v) is 24.4. The number of carbonyl (C=O) groups is 4. The minimum Gasteiger partial charge on any atom is -0.495 e. The Kier molecular flexibility index (Phi) is 18.4. The number of halogens is 4. The summed E-state index contributed by atoms with van der Waals surface area (Å²) in [7, 11) is 6.14. The smallest absolute Gasteiger partial charge is 0.410 e. The number of nitrogens with two attached hydrogens (primary N) is 1. The lowest BCUT2D eigenvalue weighted by Gasteiger charge is -2.30. The van der Waals surface area contributed by atoms with E-state index in [1.54, 1.807) is 93.6 Å². The molecule has 2 fully saturated rings. The molecule has 5 aromatic carbocycles. The number of rotatable bonds is 13. The third kappa shape index (κ3) is 13.2. The Balaban J connectivity index is 0.000000208. The first kappa shape index (κ1) is 61.3. The van der Waals surface area contributed by atoms with Crippen molar-refractivity contribution < 1.29 is 47.6 Å². The van der Waals surface area contributed by atoms with Gasteiger partial charge in [-0.15, -0.1) is 0 Å². The molecule has 3 aliphatic rings. The Morgan fingerprint density at radius 3 is 1.32 bits per heavy atom. The second kappa shape index (κ2) is 25.2. The molecule has 4 amide bonds. The molecule has 3 aliphatic heterocycles. The van der Waals surface area contributed by atoms with E-state index in [0.29, 0.717) is 116 Å². The summed E-state index contributed by atoms with van der Waals surface area (Å²) in [4.78, 5) is 75.7. The molecule has 7 aromatic rings. The lowest BCUT2D eigenvalue weighted by Crippen LogP contribution is -2.46. The molecule has 18 nitrogen and oxygen atoms in total. The van der Waals surface area contributed by atoms with Gasteiger partial charge in [0.25, 0.3) is 11.8 Å². The quantitative estimate of drug-likeness (QED) is 0.106. The van der Waals surface area contributed by atoms with E-state index >= 15 is 0 Å². The number of methoxy groups -OCH3 is 4. The summed E-state index contributed by atoms with van der Waals surface area (Å²) in [6.45, 7) is 12.4. The van der Waals surface area contributed by atoms with Gasteiger partial charge in [-0.2, -0.15) is 0 Å². The van der Waals surface area contributed by atoms with E-state index in [0.717, 1.165) is 39.4 Å². The van der Waals surface area contributed by atoms with E-state index < -0.39 is 23.3 Å². The molecule has 4 atom stereocenters. The average molecular weight is 1230 g/mol. The van der Waals surface area contributed by atoms with Crippen molar-refractivity contribution in [3.63, 3.8) is 0 Å². The third-order valence-corrected chi connectivity index (χ3v) is 16.2. The zero-order valence-electron chi connectivity index (χ0n) is 48.4. The first-order chi connectivity index (χ1) is 39.9. The van der Waals surface area contributed by atoms with Crippen LogP contribution in [0.4, 0.5) is 9.59 Å². The number of ether oxygens (including phenoxy) is 6. The summed E-state index contributed by atoms with van der Waals surface area (Å²) in [5, 5.41) is 3.15. The van der Waals surface area contributed by atoms with Gasteiger partial charge in [0.05, 0.1) is 76.7 Å². The van der Waals surface area contributed by atoms with Gasteiger partial charge in [-0.25, -0.2) is 29.5 Å². The van der Waals surface area contributed by atoms with Crippen LogP contribution in [0.5, 0.6) is 23.0 Å². The van der Waals surface area contributed by atoms with E-state index in [2.05, 4.69) is 9.97 Å². The normalized spacial score (nSPS) is 17.8.